The Labute approximate surface area is 99.8 Å². The minimum atomic E-state index is -1.03. The lowest BCUT2D eigenvalue weighted by Gasteiger charge is -2.07. The van der Waals surface area contributed by atoms with Crippen LogP contribution in [0.25, 0.3) is 5.57 Å². The molecule has 1 atom stereocenters. The van der Waals surface area contributed by atoms with Crippen LogP contribution in [0, 0.1) is 0 Å². The van der Waals surface area contributed by atoms with Crippen LogP contribution in [0.4, 0.5) is 0 Å². The zero-order chi connectivity index (χ0) is 13.0. The Morgan fingerprint density at radius 1 is 1.35 bits per heavy atom. The van der Waals surface area contributed by atoms with Gasteiger partial charge in [-0.25, -0.2) is 0 Å². The maximum atomic E-state index is 11.1. The van der Waals surface area contributed by atoms with Crippen LogP contribution >= 0.6 is 0 Å². The Bertz CT molecular complexity index is 448. The normalized spacial score (nSPS) is 11.9. The van der Waals surface area contributed by atoms with Crippen molar-refractivity contribution in [2.24, 2.45) is 5.73 Å². The Hall–Kier alpha value is -1.94. The third-order valence-corrected chi connectivity index (χ3v) is 2.50. The summed E-state index contributed by atoms with van der Waals surface area (Å²) in [7, 11) is 0. The van der Waals surface area contributed by atoms with Gasteiger partial charge in [0.05, 0.1) is 0 Å². The number of benzene rings is 1. The summed E-state index contributed by atoms with van der Waals surface area (Å²) in [5, 5.41) is 8.68. The summed E-state index contributed by atoms with van der Waals surface area (Å²) in [6, 6.07) is 6.09. The molecule has 0 fully saturated rings. The number of carbonyl (C=O) groups excluding carboxylic acids is 1. The number of ketones is 1. The number of Topliss-reactive ketones (excluding diaryl/α,β-unsaturated/α-hetero) is 1. The fourth-order valence-corrected chi connectivity index (χ4v) is 1.39. The van der Waals surface area contributed by atoms with Crippen molar-refractivity contribution in [1.29, 1.82) is 0 Å². The first kappa shape index (κ1) is 13.1. The van der Waals surface area contributed by atoms with Crippen molar-refractivity contribution < 1.29 is 14.7 Å². The Balaban J connectivity index is 2.78. The predicted octanol–water partition coefficient (Wildman–Crippen LogP) is 1.24. The van der Waals surface area contributed by atoms with Gasteiger partial charge in [0.2, 0.25) is 0 Å². The molecule has 0 bridgehead atoms. The van der Waals surface area contributed by atoms with E-state index in [2.05, 4.69) is 6.58 Å². The van der Waals surface area contributed by atoms with E-state index in [9.17, 15) is 9.59 Å². The molecule has 0 aliphatic heterocycles. The van der Waals surface area contributed by atoms with Crippen LogP contribution in [0.2, 0.25) is 0 Å². The molecule has 1 unspecified atom stereocenters. The summed E-state index contributed by atoms with van der Waals surface area (Å²) in [5.41, 5.74) is 7.43. The zero-order valence-corrected chi connectivity index (χ0v) is 9.64. The van der Waals surface area contributed by atoms with Gasteiger partial charge >= 0.3 is 5.97 Å². The molecule has 17 heavy (non-hydrogen) atoms. The zero-order valence-electron chi connectivity index (χ0n) is 9.64. The lowest BCUT2D eigenvalue weighted by Crippen LogP contribution is -2.32. The smallest absolute Gasteiger partial charge is 0.320 e. The molecule has 0 aliphatic carbocycles. The maximum absolute atomic E-state index is 11.1. The lowest BCUT2D eigenvalue weighted by atomic mass is 10.00. The molecule has 0 saturated heterocycles. The first-order valence-electron chi connectivity index (χ1n) is 5.19. The number of hydrogen-bond donors (Lipinski definition) is 2. The third kappa shape index (κ3) is 3.53. The average Bonchev–Trinajstić information content (AvgIpc) is 2.28. The molecule has 3 N–H and O–H groups in total. The number of carbonyl (C=O) groups is 2. The van der Waals surface area contributed by atoms with Crippen LogP contribution in [0.15, 0.2) is 30.8 Å². The van der Waals surface area contributed by atoms with Crippen molar-refractivity contribution >= 4 is 17.3 Å². The van der Waals surface area contributed by atoms with Gasteiger partial charge in [-0.15, -0.1) is 0 Å². The van der Waals surface area contributed by atoms with Crippen molar-refractivity contribution in [3.05, 3.63) is 42.0 Å². The molecule has 0 radical (unpaired) electrons. The highest BCUT2D eigenvalue weighted by atomic mass is 16.4. The van der Waals surface area contributed by atoms with E-state index < -0.39 is 12.0 Å². The van der Waals surface area contributed by atoms with E-state index in [1.807, 2.05) is 0 Å². The summed E-state index contributed by atoms with van der Waals surface area (Å²) in [5.74, 6) is -1.11. The number of allylic oxidation sites excluding steroid dienone is 1. The van der Waals surface area contributed by atoms with Crippen molar-refractivity contribution in [3.8, 4) is 0 Å². The summed E-state index contributed by atoms with van der Waals surface area (Å²) >= 11 is 0. The predicted molar refractivity (Wildman–Crippen MR) is 65.5 cm³/mol. The second-order valence-electron chi connectivity index (χ2n) is 3.88. The van der Waals surface area contributed by atoms with E-state index in [-0.39, 0.29) is 12.2 Å². The molecular formula is C13H15NO3. The molecule has 0 heterocycles. The number of carboxylic acids is 1. The van der Waals surface area contributed by atoms with E-state index in [0.29, 0.717) is 5.57 Å². The third-order valence-electron chi connectivity index (χ3n) is 2.50. The van der Waals surface area contributed by atoms with Gasteiger partial charge in [0, 0.05) is 5.57 Å². The van der Waals surface area contributed by atoms with Gasteiger partial charge < -0.3 is 10.8 Å². The molecular weight excluding hydrogens is 218 g/mol. The highest BCUT2D eigenvalue weighted by molar-refractivity contribution is 6.18. The van der Waals surface area contributed by atoms with Crippen LogP contribution in [0.5, 0.6) is 0 Å². The second-order valence-corrected chi connectivity index (χ2v) is 3.88. The van der Waals surface area contributed by atoms with Crippen LogP contribution in [0.3, 0.4) is 0 Å². The fourth-order valence-electron chi connectivity index (χ4n) is 1.39. The van der Waals surface area contributed by atoms with Crippen molar-refractivity contribution in [3.63, 3.8) is 0 Å². The van der Waals surface area contributed by atoms with Gasteiger partial charge in [0.25, 0.3) is 0 Å². The minimum Gasteiger partial charge on any atom is -0.480 e. The molecule has 90 valence electrons. The van der Waals surface area contributed by atoms with E-state index in [1.54, 1.807) is 24.3 Å². The molecule has 0 spiro atoms. The quantitative estimate of drug-likeness (QED) is 0.750. The maximum Gasteiger partial charge on any atom is 0.320 e. The first-order valence-corrected chi connectivity index (χ1v) is 5.19. The SMILES string of the molecule is C=C(C(C)=O)c1ccc(CC(N)C(=O)O)cc1. The molecule has 1 aromatic carbocycles. The minimum absolute atomic E-state index is 0.0833. The summed E-state index contributed by atoms with van der Waals surface area (Å²) in [4.78, 5) is 21.7. The molecule has 0 amide bonds. The Morgan fingerprint density at radius 2 is 1.88 bits per heavy atom. The fraction of sp³-hybridized carbons (Fsp3) is 0.231. The molecule has 0 saturated carbocycles. The standard InChI is InChI=1S/C13H15NO3/c1-8(9(2)15)11-5-3-10(4-6-11)7-12(14)13(16)17/h3-6,12H,1,7,14H2,2H3,(H,16,17). The molecule has 0 aromatic heterocycles. The Kier molecular flexibility index (Phi) is 4.17. The van der Waals surface area contributed by atoms with Crippen LogP contribution in [-0.2, 0) is 16.0 Å². The van der Waals surface area contributed by atoms with Crippen LogP contribution in [0.1, 0.15) is 18.1 Å². The van der Waals surface area contributed by atoms with Crippen molar-refractivity contribution in [2.75, 3.05) is 0 Å². The van der Waals surface area contributed by atoms with Crippen molar-refractivity contribution in [1.82, 2.24) is 0 Å². The summed E-state index contributed by atoms with van der Waals surface area (Å²) in [6.07, 6.45) is 0.266. The first-order chi connectivity index (χ1) is 7.91. The molecule has 1 rings (SSSR count). The van der Waals surface area contributed by atoms with Gasteiger partial charge in [0.1, 0.15) is 6.04 Å². The van der Waals surface area contributed by atoms with Gasteiger partial charge in [-0.1, -0.05) is 30.8 Å². The molecule has 4 nitrogen and oxygen atoms in total. The lowest BCUT2D eigenvalue weighted by molar-refractivity contribution is -0.138. The second kappa shape index (κ2) is 5.41. The summed E-state index contributed by atoms with van der Waals surface area (Å²) < 4.78 is 0. The van der Waals surface area contributed by atoms with Gasteiger partial charge in [-0.3, -0.25) is 9.59 Å². The van der Waals surface area contributed by atoms with E-state index >= 15 is 0 Å². The molecule has 4 heteroatoms. The van der Waals surface area contributed by atoms with E-state index in [4.69, 9.17) is 10.8 Å². The largest absolute Gasteiger partial charge is 0.480 e. The number of carboxylic acid groups (broad SMARTS) is 1. The number of nitrogens with two attached hydrogens (primary N) is 1. The van der Waals surface area contributed by atoms with Crippen molar-refractivity contribution in [2.45, 2.75) is 19.4 Å². The van der Waals surface area contributed by atoms with E-state index in [0.717, 1.165) is 11.1 Å². The van der Waals surface area contributed by atoms with Crippen LogP contribution in [-0.4, -0.2) is 22.9 Å². The monoisotopic (exact) mass is 233 g/mol. The van der Waals surface area contributed by atoms with Gasteiger partial charge in [-0.05, 0) is 24.5 Å². The summed E-state index contributed by atoms with van der Waals surface area (Å²) in [6.45, 7) is 5.13. The topological polar surface area (TPSA) is 80.4 Å². The highest BCUT2D eigenvalue weighted by Gasteiger charge is 2.12. The van der Waals surface area contributed by atoms with Gasteiger partial charge in [0.15, 0.2) is 5.78 Å². The highest BCUT2D eigenvalue weighted by Crippen LogP contribution is 2.14. The Morgan fingerprint density at radius 3 is 2.29 bits per heavy atom. The number of aliphatic carboxylic acids is 1. The van der Waals surface area contributed by atoms with Gasteiger partial charge in [-0.2, -0.15) is 0 Å². The number of rotatable bonds is 5. The van der Waals surface area contributed by atoms with E-state index in [1.165, 1.54) is 6.92 Å². The molecule has 1 aromatic rings. The van der Waals surface area contributed by atoms with Crippen LogP contribution < -0.4 is 5.73 Å². The number of hydrogen-bond acceptors (Lipinski definition) is 3. The molecule has 0 aliphatic rings. The average molecular weight is 233 g/mol.